The second-order valence-electron chi connectivity index (χ2n) is 4.82. The van der Waals surface area contributed by atoms with E-state index in [4.69, 9.17) is 4.74 Å². The van der Waals surface area contributed by atoms with E-state index in [-0.39, 0.29) is 17.2 Å². The van der Waals surface area contributed by atoms with Crippen LogP contribution in [-0.4, -0.2) is 19.6 Å². The van der Waals surface area contributed by atoms with Gasteiger partial charge in [-0.25, -0.2) is 4.39 Å². The average Bonchev–Trinajstić information content (AvgIpc) is 2.34. The summed E-state index contributed by atoms with van der Waals surface area (Å²) in [6.45, 7) is 0.986. The van der Waals surface area contributed by atoms with Crippen molar-refractivity contribution in [2.45, 2.75) is 25.8 Å². The van der Waals surface area contributed by atoms with Gasteiger partial charge in [0.2, 0.25) is 0 Å². The Morgan fingerprint density at radius 3 is 2.72 bits per heavy atom. The molecule has 18 heavy (non-hydrogen) atoms. The van der Waals surface area contributed by atoms with E-state index >= 15 is 0 Å². The van der Waals surface area contributed by atoms with Crippen molar-refractivity contribution in [2.24, 2.45) is 5.41 Å². The first-order valence-corrected chi connectivity index (χ1v) is 6.20. The predicted octanol–water partition coefficient (Wildman–Crippen LogP) is 2.26. The van der Waals surface area contributed by atoms with Crippen molar-refractivity contribution in [1.82, 2.24) is 5.32 Å². The molecule has 1 aliphatic rings. The Hall–Kier alpha value is -1.42. The van der Waals surface area contributed by atoms with Crippen LogP contribution in [0.5, 0.6) is 0 Å². The number of ether oxygens (including phenoxy) is 1. The molecule has 1 saturated carbocycles. The lowest BCUT2D eigenvalue weighted by Gasteiger charge is -2.39. The van der Waals surface area contributed by atoms with E-state index in [1.807, 2.05) is 0 Å². The van der Waals surface area contributed by atoms with Gasteiger partial charge >= 0.3 is 5.97 Å². The van der Waals surface area contributed by atoms with E-state index in [1.165, 1.54) is 13.2 Å². The molecular weight excluding hydrogens is 233 g/mol. The highest BCUT2D eigenvalue weighted by atomic mass is 19.1. The molecule has 1 aromatic rings. The standard InChI is InChI=1S/C14H18FNO2/c1-18-13(17)14(7-4-8-14)10-16-9-11-5-2-3-6-12(11)15/h2-3,5-6,16H,4,7-10H2,1H3. The molecule has 0 amide bonds. The number of rotatable bonds is 5. The summed E-state index contributed by atoms with van der Waals surface area (Å²) in [5, 5.41) is 3.16. The number of esters is 1. The summed E-state index contributed by atoms with van der Waals surface area (Å²) in [6.07, 6.45) is 2.75. The van der Waals surface area contributed by atoms with Crippen LogP contribution in [0.1, 0.15) is 24.8 Å². The summed E-state index contributed by atoms with van der Waals surface area (Å²) in [5.74, 6) is -0.375. The molecule has 1 aromatic carbocycles. The Labute approximate surface area is 106 Å². The van der Waals surface area contributed by atoms with Gasteiger partial charge < -0.3 is 10.1 Å². The van der Waals surface area contributed by atoms with E-state index in [0.717, 1.165) is 19.3 Å². The third kappa shape index (κ3) is 2.53. The van der Waals surface area contributed by atoms with Crippen molar-refractivity contribution < 1.29 is 13.9 Å². The fourth-order valence-corrected chi connectivity index (χ4v) is 2.35. The van der Waals surface area contributed by atoms with Crippen LogP contribution < -0.4 is 5.32 Å². The van der Waals surface area contributed by atoms with Crippen LogP contribution in [0.2, 0.25) is 0 Å². The van der Waals surface area contributed by atoms with Crippen LogP contribution in [-0.2, 0) is 16.1 Å². The molecule has 0 aliphatic heterocycles. The highest BCUT2D eigenvalue weighted by Gasteiger charge is 2.44. The molecule has 4 heteroatoms. The molecule has 0 radical (unpaired) electrons. The molecule has 2 rings (SSSR count). The number of halogens is 1. The van der Waals surface area contributed by atoms with Crippen molar-refractivity contribution in [3.63, 3.8) is 0 Å². The smallest absolute Gasteiger partial charge is 0.313 e. The van der Waals surface area contributed by atoms with Gasteiger partial charge in [0.25, 0.3) is 0 Å². The SMILES string of the molecule is COC(=O)C1(CNCc2ccccc2F)CCC1. The lowest BCUT2D eigenvalue weighted by Crippen LogP contribution is -2.46. The van der Waals surface area contributed by atoms with Gasteiger partial charge in [-0.1, -0.05) is 24.6 Å². The summed E-state index contributed by atoms with van der Waals surface area (Å²) in [4.78, 5) is 11.7. The molecular formula is C14H18FNO2. The minimum Gasteiger partial charge on any atom is -0.469 e. The molecule has 0 saturated heterocycles. The molecule has 0 aromatic heterocycles. The number of carbonyl (C=O) groups excluding carboxylic acids is 1. The Bertz CT molecular complexity index is 430. The molecule has 0 bridgehead atoms. The van der Waals surface area contributed by atoms with Gasteiger partial charge in [-0.05, 0) is 18.9 Å². The third-order valence-electron chi connectivity index (χ3n) is 3.67. The maximum atomic E-state index is 13.4. The zero-order chi connectivity index (χ0) is 13.0. The van der Waals surface area contributed by atoms with Gasteiger partial charge in [0.15, 0.2) is 0 Å². The molecule has 0 atom stereocenters. The molecule has 1 aliphatic carbocycles. The van der Waals surface area contributed by atoms with E-state index in [2.05, 4.69) is 5.32 Å². The Balaban J connectivity index is 1.88. The summed E-state index contributed by atoms with van der Waals surface area (Å²) in [6, 6.07) is 6.66. The molecule has 1 N–H and O–H groups in total. The zero-order valence-electron chi connectivity index (χ0n) is 10.5. The first-order valence-electron chi connectivity index (χ1n) is 6.20. The normalized spacial score (nSPS) is 17.0. The Kier molecular flexibility index (Phi) is 3.97. The fourth-order valence-electron chi connectivity index (χ4n) is 2.35. The van der Waals surface area contributed by atoms with Crippen molar-refractivity contribution >= 4 is 5.97 Å². The van der Waals surface area contributed by atoms with Gasteiger partial charge in [0.1, 0.15) is 5.82 Å². The molecule has 1 fully saturated rings. The average molecular weight is 251 g/mol. The summed E-state index contributed by atoms with van der Waals surface area (Å²) in [7, 11) is 1.42. The molecule has 0 unspecified atom stereocenters. The summed E-state index contributed by atoms with van der Waals surface area (Å²) < 4.78 is 18.2. The predicted molar refractivity (Wildman–Crippen MR) is 66.4 cm³/mol. The number of methoxy groups -OCH3 is 1. The van der Waals surface area contributed by atoms with E-state index in [9.17, 15) is 9.18 Å². The van der Waals surface area contributed by atoms with Crippen LogP contribution in [0.3, 0.4) is 0 Å². The number of nitrogens with one attached hydrogen (secondary N) is 1. The molecule has 98 valence electrons. The van der Waals surface area contributed by atoms with E-state index in [1.54, 1.807) is 18.2 Å². The second-order valence-corrected chi connectivity index (χ2v) is 4.82. The minimum atomic E-state index is -0.389. The van der Waals surface area contributed by atoms with Crippen molar-refractivity contribution in [1.29, 1.82) is 0 Å². The van der Waals surface area contributed by atoms with Gasteiger partial charge in [-0.2, -0.15) is 0 Å². The van der Waals surface area contributed by atoms with Gasteiger partial charge in [-0.15, -0.1) is 0 Å². The summed E-state index contributed by atoms with van der Waals surface area (Å²) in [5.41, 5.74) is 0.233. The monoisotopic (exact) mass is 251 g/mol. The highest BCUT2D eigenvalue weighted by Crippen LogP contribution is 2.41. The maximum absolute atomic E-state index is 13.4. The van der Waals surface area contributed by atoms with E-state index < -0.39 is 0 Å². The first kappa shape index (κ1) is 13.0. The zero-order valence-corrected chi connectivity index (χ0v) is 10.5. The van der Waals surface area contributed by atoms with Gasteiger partial charge in [-0.3, -0.25) is 4.79 Å². The number of benzene rings is 1. The van der Waals surface area contributed by atoms with Crippen molar-refractivity contribution in [3.05, 3.63) is 35.6 Å². The van der Waals surface area contributed by atoms with Crippen molar-refractivity contribution in [3.8, 4) is 0 Å². The third-order valence-corrected chi connectivity index (χ3v) is 3.67. The van der Waals surface area contributed by atoms with Gasteiger partial charge in [0.05, 0.1) is 12.5 Å². The molecule has 0 spiro atoms. The van der Waals surface area contributed by atoms with E-state index in [0.29, 0.717) is 18.7 Å². The van der Waals surface area contributed by atoms with Crippen molar-refractivity contribution in [2.75, 3.05) is 13.7 Å². The number of hydrogen-bond acceptors (Lipinski definition) is 3. The number of hydrogen-bond donors (Lipinski definition) is 1. The fraction of sp³-hybridized carbons (Fsp3) is 0.500. The number of carbonyl (C=O) groups is 1. The maximum Gasteiger partial charge on any atom is 0.313 e. The van der Waals surface area contributed by atoms with Crippen LogP contribution in [0.15, 0.2) is 24.3 Å². The lowest BCUT2D eigenvalue weighted by atomic mass is 9.68. The summed E-state index contributed by atoms with van der Waals surface area (Å²) >= 11 is 0. The topological polar surface area (TPSA) is 38.3 Å². The largest absolute Gasteiger partial charge is 0.469 e. The minimum absolute atomic E-state index is 0.158. The molecule has 3 nitrogen and oxygen atoms in total. The van der Waals surface area contributed by atoms with Gasteiger partial charge in [0, 0.05) is 18.7 Å². The van der Waals surface area contributed by atoms with Crippen LogP contribution >= 0.6 is 0 Å². The quantitative estimate of drug-likeness (QED) is 0.816. The van der Waals surface area contributed by atoms with Crippen LogP contribution in [0, 0.1) is 11.2 Å². The lowest BCUT2D eigenvalue weighted by molar-refractivity contribution is -0.158. The van der Waals surface area contributed by atoms with Crippen LogP contribution in [0.4, 0.5) is 4.39 Å². The Morgan fingerprint density at radius 1 is 1.44 bits per heavy atom. The van der Waals surface area contributed by atoms with Crippen LogP contribution in [0.25, 0.3) is 0 Å². The molecule has 0 heterocycles. The highest BCUT2D eigenvalue weighted by molar-refractivity contribution is 5.78. The Morgan fingerprint density at radius 2 is 2.17 bits per heavy atom. The first-order chi connectivity index (χ1) is 8.68. The second kappa shape index (κ2) is 5.48.